The quantitative estimate of drug-likeness (QED) is 0.424. The number of aromatic nitrogens is 3. The van der Waals surface area contributed by atoms with Gasteiger partial charge in [0.2, 0.25) is 0 Å². The summed E-state index contributed by atoms with van der Waals surface area (Å²) in [4.78, 5) is 22.7. The van der Waals surface area contributed by atoms with Crippen molar-refractivity contribution >= 4 is 29.6 Å². The molecule has 1 aromatic carbocycles. The standard InChI is InChI=1S/C6H5N3.H3N.H3O3PS/c1-2-4-6-5(3-1)7-9-8-6;;1-4(2,3)5/h1-4H,(H,7,8,9);1H3;(H3,1,2,3,5). The number of nitrogens with one attached hydrogen (secondary N) is 1. The minimum absolute atomic E-state index is 0. The molecule has 0 radical (unpaired) electrons. The summed E-state index contributed by atoms with van der Waals surface area (Å²) >= 11 is 3.60. The molecule has 7 nitrogen and oxygen atoms in total. The predicted octanol–water partition coefficient (Wildman–Crippen LogP) is 0.308. The topological polar surface area (TPSA) is 137 Å². The van der Waals surface area contributed by atoms with Crippen molar-refractivity contribution in [1.82, 2.24) is 21.6 Å². The summed E-state index contributed by atoms with van der Waals surface area (Å²) in [6, 6.07) is 7.70. The molecule has 0 atom stereocenters. The monoisotopic (exact) mass is 250 g/mol. The van der Waals surface area contributed by atoms with Crippen molar-refractivity contribution in [3.05, 3.63) is 24.3 Å². The van der Waals surface area contributed by atoms with Gasteiger partial charge in [-0.15, -0.1) is 0 Å². The van der Waals surface area contributed by atoms with Crippen molar-refractivity contribution in [2.45, 2.75) is 0 Å². The maximum absolute atomic E-state index is 7.56. The number of hydrogen-bond acceptors (Lipinski definition) is 4. The number of aromatic amines is 1. The number of benzene rings is 1. The Morgan fingerprint density at radius 1 is 1.07 bits per heavy atom. The van der Waals surface area contributed by atoms with Gasteiger partial charge in [0.25, 0.3) is 0 Å². The highest BCUT2D eigenvalue weighted by atomic mass is 32.5. The minimum Gasteiger partial charge on any atom is -0.344 e. The molecule has 0 aliphatic carbocycles. The van der Waals surface area contributed by atoms with Crippen LogP contribution in [0.25, 0.3) is 11.0 Å². The van der Waals surface area contributed by atoms with E-state index in [1.54, 1.807) is 0 Å². The number of para-hydroxylation sites is 2. The third-order valence-electron chi connectivity index (χ3n) is 1.22. The summed E-state index contributed by atoms with van der Waals surface area (Å²) in [6.07, 6.45) is 0. The van der Waals surface area contributed by atoms with Crippen LogP contribution in [0.1, 0.15) is 0 Å². The number of nitrogens with zero attached hydrogens (tertiary/aromatic N) is 2. The zero-order valence-electron chi connectivity index (χ0n) is 7.61. The maximum Gasteiger partial charge on any atom is 0.319 e. The molecule has 0 saturated heterocycles. The Balaban J connectivity index is 0.000000289. The minimum atomic E-state index is -3.81. The third-order valence-corrected chi connectivity index (χ3v) is 1.22. The van der Waals surface area contributed by atoms with Crippen LogP contribution in [0.2, 0.25) is 0 Å². The Kier molecular flexibility index (Phi) is 5.51. The van der Waals surface area contributed by atoms with Gasteiger partial charge in [-0.1, -0.05) is 12.1 Å². The van der Waals surface area contributed by atoms with Gasteiger partial charge >= 0.3 is 6.72 Å². The number of hydrogen-bond donors (Lipinski definition) is 5. The highest BCUT2D eigenvalue weighted by molar-refractivity contribution is 8.06. The van der Waals surface area contributed by atoms with Crippen molar-refractivity contribution in [3.8, 4) is 0 Å². The van der Waals surface area contributed by atoms with Crippen LogP contribution in [-0.2, 0) is 11.8 Å². The molecule has 84 valence electrons. The summed E-state index contributed by atoms with van der Waals surface area (Å²) in [5.74, 6) is 0. The fourth-order valence-corrected chi connectivity index (χ4v) is 0.786. The van der Waals surface area contributed by atoms with Crippen molar-refractivity contribution in [3.63, 3.8) is 0 Å². The first kappa shape index (κ1) is 14.1. The lowest BCUT2D eigenvalue weighted by atomic mass is 10.3. The molecule has 7 N–H and O–H groups in total. The molecule has 1 aromatic heterocycles. The van der Waals surface area contributed by atoms with Gasteiger partial charge < -0.3 is 20.8 Å². The van der Waals surface area contributed by atoms with Gasteiger partial charge in [-0.3, -0.25) is 0 Å². The fourth-order valence-electron chi connectivity index (χ4n) is 0.786. The Labute approximate surface area is 90.6 Å². The van der Waals surface area contributed by atoms with Gasteiger partial charge in [0.05, 0.1) is 0 Å². The number of H-pyrrole nitrogens is 1. The van der Waals surface area contributed by atoms with Crippen LogP contribution in [0.15, 0.2) is 24.3 Å². The van der Waals surface area contributed by atoms with E-state index in [4.69, 9.17) is 14.7 Å². The fraction of sp³-hybridized carbons (Fsp3) is 0. The van der Waals surface area contributed by atoms with Crippen molar-refractivity contribution in [2.24, 2.45) is 0 Å². The molecule has 0 fully saturated rings. The zero-order chi connectivity index (χ0) is 10.6. The molecule has 15 heavy (non-hydrogen) atoms. The summed E-state index contributed by atoms with van der Waals surface area (Å²) < 4.78 is 0. The Bertz CT molecular complexity index is 418. The molecule has 0 saturated carbocycles. The molecule has 2 aromatic rings. The largest absolute Gasteiger partial charge is 0.344 e. The molecule has 0 spiro atoms. The van der Waals surface area contributed by atoms with E-state index in [-0.39, 0.29) is 6.15 Å². The highest BCUT2D eigenvalue weighted by Gasteiger charge is 1.92. The van der Waals surface area contributed by atoms with Gasteiger partial charge in [-0.25, -0.2) is 0 Å². The molecule has 1 heterocycles. The lowest BCUT2D eigenvalue weighted by Gasteiger charge is -1.88. The van der Waals surface area contributed by atoms with Crippen LogP contribution < -0.4 is 6.15 Å². The van der Waals surface area contributed by atoms with E-state index in [1.165, 1.54) is 0 Å². The molecule has 0 bridgehead atoms. The first-order valence-corrected chi connectivity index (χ1v) is 6.16. The second kappa shape index (κ2) is 5.86. The normalized spacial score (nSPS) is 10.1. The van der Waals surface area contributed by atoms with Crippen LogP contribution in [0.3, 0.4) is 0 Å². The molecule has 0 aliphatic rings. The van der Waals surface area contributed by atoms with E-state index >= 15 is 0 Å². The SMILES string of the molecule is N.OP(O)(O)=S.c1ccc2n[nH]nc2c1. The van der Waals surface area contributed by atoms with Crippen LogP contribution >= 0.6 is 6.72 Å². The average molecular weight is 250 g/mol. The predicted molar refractivity (Wildman–Crippen MR) is 59.9 cm³/mol. The molecule has 0 unspecified atom stereocenters. The highest BCUT2D eigenvalue weighted by Crippen LogP contribution is 2.26. The molecule has 0 aliphatic heterocycles. The molecular formula is C6H11N4O3PS. The molecule has 9 heteroatoms. The average Bonchev–Trinajstić information content (AvgIpc) is 2.47. The van der Waals surface area contributed by atoms with Gasteiger partial charge in [-0.05, 0) is 23.9 Å². The first-order valence-electron chi connectivity index (χ1n) is 3.50. The van der Waals surface area contributed by atoms with Gasteiger partial charge in [-0.2, -0.15) is 15.4 Å². The lowest BCUT2D eigenvalue weighted by Crippen LogP contribution is -1.65. The van der Waals surface area contributed by atoms with Crippen molar-refractivity contribution < 1.29 is 14.7 Å². The number of rotatable bonds is 0. The van der Waals surface area contributed by atoms with Crippen LogP contribution in [0.5, 0.6) is 0 Å². The van der Waals surface area contributed by atoms with Crippen molar-refractivity contribution in [2.75, 3.05) is 0 Å². The van der Waals surface area contributed by atoms with E-state index in [2.05, 4.69) is 27.2 Å². The van der Waals surface area contributed by atoms with E-state index in [0.717, 1.165) is 11.0 Å². The Morgan fingerprint density at radius 2 is 1.40 bits per heavy atom. The smallest absolute Gasteiger partial charge is 0.319 e. The summed E-state index contributed by atoms with van der Waals surface area (Å²) in [5.41, 5.74) is 1.83. The van der Waals surface area contributed by atoms with Gasteiger partial charge in [0, 0.05) is 0 Å². The third kappa shape index (κ3) is 6.24. The van der Waals surface area contributed by atoms with Crippen LogP contribution in [-0.4, -0.2) is 30.1 Å². The Hall–Kier alpha value is -0.890. The summed E-state index contributed by atoms with van der Waals surface area (Å²) in [7, 11) is 0. The molecular weight excluding hydrogens is 239 g/mol. The molecule has 2 rings (SSSR count). The van der Waals surface area contributed by atoms with E-state index in [1.807, 2.05) is 24.3 Å². The number of fused-ring (bicyclic) bond motifs is 1. The second-order valence-corrected chi connectivity index (χ2v) is 4.82. The zero-order valence-corrected chi connectivity index (χ0v) is 9.32. The summed E-state index contributed by atoms with van der Waals surface area (Å²) in [6.45, 7) is -3.81. The first-order chi connectivity index (χ1) is 6.47. The lowest BCUT2D eigenvalue weighted by molar-refractivity contribution is 0.363. The Morgan fingerprint density at radius 3 is 1.73 bits per heavy atom. The molecule has 0 amide bonds. The van der Waals surface area contributed by atoms with E-state index in [0.29, 0.717) is 0 Å². The van der Waals surface area contributed by atoms with Gasteiger partial charge in [0.15, 0.2) is 0 Å². The van der Waals surface area contributed by atoms with Crippen LogP contribution in [0, 0.1) is 0 Å². The van der Waals surface area contributed by atoms with Crippen molar-refractivity contribution in [1.29, 1.82) is 0 Å². The van der Waals surface area contributed by atoms with E-state index < -0.39 is 6.72 Å². The van der Waals surface area contributed by atoms with Crippen LogP contribution in [0.4, 0.5) is 0 Å². The maximum atomic E-state index is 7.56. The van der Waals surface area contributed by atoms with Gasteiger partial charge in [0.1, 0.15) is 11.0 Å². The summed E-state index contributed by atoms with van der Waals surface area (Å²) in [5, 5.41) is 10.3. The van der Waals surface area contributed by atoms with E-state index in [9.17, 15) is 0 Å². The second-order valence-electron chi connectivity index (χ2n) is 2.33.